The van der Waals surface area contributed by atoms with Crippen molar-refractivity contribution in [3.05, 3.63) is 41.1 Å². The van der Waals surface area contributed by atoms with Gasteiger partial charge in [-0.1, -0.05) is 30.4 Å². The summed E-state index contributed by atoms with van der Waals surface area (Å²) in [6.07, 6.45) is -0.412. The van der Waals surface area contributed by atoms with Crippen LogP contribution in [-0.4, -0.2) is 73.7 Å². The second kappa shape index (κ2) is 6.93. The molecule has 0 aromatic heterocycles. The maximum absolute atomic E-state index is 12.2. The SMILES string of the molecule is C[C@@H](O)[C@H]1C(=O)N2C(C(=O)O)=C(c3cccc(C(N)=S)c3)C[C@H]12.[Na]. The fraction of sp³-hybridized carbons (Fsp3) is 0.312. The smallest absolute Gasteiger partial charge is 0.352 e. The van der Waals surface area contributed by atoms with Gasteiger partial charge in [0.2, 0.25) is 5.91 Å². The molecule has 0 aliphatic carbocycles. The van der Waals surface area contributed by atoms with Gasteiger partial charge in [-0.15, -0.1) is 0 Å². The molecule has 0 bridgehead atoms. The molecule has 6 nitrogen and oxygen atoms in total. The Labute approximate surface area is 166 Å². The number of hydrogen-bond donors (Lipinski definition) is 3. The molecule has 0 saturated carbocycles. The number of nitrogens with two attached hydrogens (primary N) is 1. The number of rotatable bonds is 4. The topological polar surface area (TPSA) is 104 Å². The van der Waals surface area contributed by atoms with E-state index in [4.69, 9.17) is 18.0 Å². The Bertz CT molecular complexity index is 762. The summed E-state index contributed by atoms with van der Waals surface area (Å²) in [6, 6.07) is 6.69. The first-order valence-electron chi connectivity index (χ1n) is 7.20. The van der Waals surface area contributed by atoms with Gasteiger partial charge in [-0.2, -0.15) is 0 Å². The third kappa shape index (κ3) is 2.91. The van der Waals surface area contributed by atoms with Gasteiger partial charge in [0.25, 0.3) is 0 Å². The third-order valence-corrected chi connectivity index (χ3v) is 4.66. The summed E-state index contributed by atoms with van der Waals surface area (Å²) in [7, 11) is 0. The van der Waals surface area contributed by atoms with E-state index in [-0.39, 0.29) is 52.2 Å². The maximum Gasteiger partial charge on any atom is 0.352 e. The Balaban J connectivity index is 0.00000208. The standard InChI is InChI=1S/C16H16N2O4S.Na/c1-7(19)12-11-6-10(13(16(21)22)18(11)15(12)20)8-3-2-4-9(5-8)14(17)23;/h2-5,7,11-12,19H,6H2,1H3,(H2,17,23)(H,21,22);/t7-,11-,12-;/m1./s1. The first-order valence-corrected chi connectivity index (χ1v) is 7.61. The van der Waals surface area contributed by atoms with Gasteiger partial charge in [-0.25, -0.2) is 4.79 Å². The minimum absolute atomic E-state index is 0. The maximum atomic E-state index is 12.2. The van der Waals surface area contributed by atoms with Crippen LogP contribution in [0.25, 0.3) is 5.57 Å². The number of aliphatic hydroxyl groups is 1. The molecule has 1 saturated heterocycles. The summed E-state index contributed by atoms with van der Waals surface area (Å²) in [6.45, 7) is 1.55. The third-order valence-electron chi connectivity index (χ3n) is 4.43. The fourth-order valence-corrected chi connectivity index (χ4v) is 3.51. The summed E-state index contributed by atoms with van der Waals surface area (Å²) in [4.78, 5) is 25.3. The van der Waals surface area contributed by atoms with Gasteiger partial charge >= 0.3 is 5.97 Å². The Morgan fingerprint density at radius 2 is 2.12 bits per heavy atom. The monoisotopic (exact) mass is 355 g/mol. The van der Waals surface area contributed by atoms with E-state index in [1.807, 2.05) is 0 Å². The number of β-lactam (4-membered cyclic amide) rings is 1. The van der Waals surface area contributed by atoms with E-state index in [9.17, 15) is 19.8 Å². The summed E-state index contributed by atoms with van der Waals surface area (Å²) >= 11 is 4.96. The molecule has 121 valence electrons. The minimum Gasteiger partial charge on any atom is -0.477 e. The van der Waals surface area contributed by atoms with Crippen LogP contribution >= 0.6 is 12.2 Å². The van der Waals surface area contributed by atoms with E-state index in [1.54, 1.807) is 31.2 Å². The van der Waals surface area contributed by atoms with Crippen LogP contribution in [0.5, 0.6) is 0 Å². The second-order valence-electron chi connectivity index (χ2n) is 5.82. The molecule has 3 rings (SSSR count). The van der Waals surface area contributed by atoms with Crippen molar-refractivity contribution in [2.45, 2.75) is 25.5 Å². The van der Waals surface area contributed by atoms with Gasteiger partial charge in [0.15, 0.2) is 0 Å². The van der Waals surface area contributed by atoms with E-state index in [0.29, 0.717) is 23.1 Å². The molecule has 2 heterocycles. The normalized spacial score (nSPS) is 23.2. The fourth-order valence-electron chi connectivity index (χ4n) is 3.39. The zero-order valence-electron chi connectivity index (χ0n) is 13.4. The molecule has 1 fully saturated rings. The number of benzene rings is 1. The Morgan fingerprint density at radius 1 is 1.46 bits per heavy atom. The van der Waals surface area contributed by atoms with Crippen LogP contribution in [-0.2, 0) is 9.59 Å². The van der Waals surface area contributed by atoms with Crippen LogP contribution in [0.3, 0.4) is 0 Å². The number of carboxylic acids is 1. The van der Waals surface area contributed by atoms with E-state index in [0.717, 1.165) is 0 Å². The summed E-state index contributed by atoms with van der Waals surface area (Å²) in [5.74, 6) is -2.05. The number of nitrogens with zero attached hydrogens (tertiary/aromatic N) is 1. The van der Waals surface area contributed by atoms with Crippen LogP contribution in [0.1, 0.15) is 24.5 Å². The molecule has 1 aromatic carbocycles. The van der Waals surface area contributed by atoms with E-state index in [2.05, 4.69) is 0 Å². The summed E-state index contributed by atoms with van der Waals surface area (Å²) in [5, 5.41) is 19.3. The molecule has 0 spiro atoms. The first kappa shape index (κ1) is 19.1. The molecule has 2 aliphatic heterocycles. The molecule has 8 heteroatoms. The number of carboxylic acid groups (broad SMARTS) is 1. The average Bonchev–Trinajstić information content (AvgIpc) is 2.82. The van der Waals surface area contributed by atoms with Crippen molar-refractivity contribution >= 4 is 64.2 Å². The number of carbonyl (C=O) groups excluding carboxylic acids is 1. The van der Waals surface area contributed by atoms with Crippen molar-refractivity contribution in [2.75, 3.05) is 0 Å². The van der Waals surface area contributed by atoms with Crippen LogP contribution in [0.15, 0.2) is 30.0 Å². The summed E-state index contributed by atoms with van der Waals surface area (Å²) < 4.78 is 0. The van der Waals surface area contributed by atoms with E-state index < -0.39 is 18.0 Å². The molecule has 0 unspecified atom stereocenters. The van der Waals surface area contributed by atoms with Gasteiger partial charge in [0.05, 0.1) is 18.1 Å². The molecule has 1 aromatic rings. The number of hydrogen-bond acceptors (Lipinski definition) is 4. The Morgan fingerprint density at radius 3 is 2.67 bits per heavy atom. The van der Waals surface area contributed by atoms with Gasteiger partial charge in [-0.3, -0.25) is 4.79 Å². The van der Waals surface area contributed by atoms with Crippen molar-refractivity contribution in [1.82, 2.24) is 4.90 Å². The molecule has 1 radical (unpaired) electrons. The van der Waals surface area contributed by atoms with Crippen LogP contribution < -0.4 is 5.73 Å². The van der Waals surface area contributed by atoms with Gasteiger partial charge < -0.3 is 20.8 Å². The minimum atomic E-state index is -1.15. The number of fused-ring (bicyclic) bond motifs is 1. The molecule has 2 aliphatic rings. The second-order valence-corrected chi connectivity index (χ2v) is 6.26. The van der Waals surface area contributed by atoms with Crippen molar-refractivity contribution in [3.8, 4) is 0 Å². The van der Waals surface area contributed by atoms with Crippen LogP contribution in [0, 0.1) is 5.92 Å². The predicted octanol–water partition coefficient (Wildman–Crippen LogP) is 0.347. The van der Waals surface area contributed by atoms with E-state index >= 15 is 0 Å². The largest absolute Gasteiger partial charge is 0.477 e. The molecule has 4 N–H and O–H groups in total. The van der Waals surface area contributed by atoms with Crippen molar-refractivity contribution < 1.29 is 19.8 Å². The van der Waals surface area contributed by atoms with Gasteiger partial charge in [0.1, 0.15) is 10.7 Å². The van der Waals surface area contributed by atoms with Crippen molar-refractivity contribution in [3.63, 3.8) is 0 Å². The number of aliphatic hydroxyl groups excluding tert-OH is 1. The Kier molecular flexibility index (Phi) is 5.51. The average molecular weight is 355 g/mol. The van der Waals surface area contributed by atoms with E-state index in [1.165, 1.54) is 4.90 Å². The molecular formula is C16H16N2NaO4S. The predicted molar refractivity (Wildman–Crippen MR) is 93.1 cm³/mol. The Hall–Kier alpha value is -1.25. The van der Waals surface area contributed by atoms with Crippen molar-refractivity contribution in [2.24, 2.45) is 11.7 Å². The molecule has 3 atom stereocenters. The summed E-state index contributed by atoms with van der Waals surface area (Å²) in [5.41, 5.74) is 7.50. The zero-order valence-corrected chi connectivity index (χ0v) is 16.2. The van der Waals surface area contributed by atoms with Crippen LogP contribution in [0.4, 0.5) is 0 Å². The first-order chi connectivity index (χ1) is 10.8. The molecule has 1 amide bonds. The van der Waals surface area contributed by atoms with Gasteiger partial charge in [0, 0.05) is 35.1 Å². The number of carbonyl (C=O) groups is 2. The van der Waals surface area contributed by atoms with Gasteiger partial charge in [-0.05, 0) is 30.5 Å². The quantitative estimate of drug-likeness (QED) is 0.409. The number of aliphatic carboxylic acids is 1. The molecular weight excluding hydrogens is 339 g/mol. The van der Waals surface area contributed by atoms with Crippen molar-refractivity contribution in [1.29, 1.82) is 0 Å². The number of thiocarbonyl (C=S) groups is 1. The zero-order chi connectivity index (χ0) is 16.9. The molecule has 24 heavy (non-hydrogen) atoms. The number of amides is 1. The van der Waals surface area contributed by atoms with Crippen LogP contribution in [0.2, 0.25) is 0 Å².